The number of amides is 1. The third-order valence-corrected chi connectivity index (χ3v) is 19.9. The van der Waals surface area contributed by atoms with Gasteiger partial charge >= 0.3 is 6.09 Å². The molecule has 3 fully saturated rings. The molecule has 30 nitrogen and oxygen atoms in total. The zero-order valence-corrected chi connectivity index (χ0v) is 70.9. The summed E-state index contributed by atoms with van der Waals surface area (Å²) < 4.78 is 126. The van der Waals surface area contributed by atoms with E-state index in [0.29, 0.717) is 140 Å². The number of aromatic nitrogens is 16. The van der Waals surface area contributed by atoms with Gasteiger partial charge in [-0.25, -0.2) is 79.8 Å². The Morgan fingerprint density at radius 2 is 0.766 bits per heavy atom. The van der Waals surface area contributed by atoms with Crippen molar-refractivity contribution in [2.24, 2.45) is 0 Å². The number of aromatic amines is 4. The van der Waals surface area contributed by atoms with E-state index in [1.165, 1.54) is 48.5 Å². The van der Waals surface area contributed by atoms with Crippen molar-refractivity contribution >= 4 is 75.9 Å². The fourth-order valence-electron chi connectivity index (χ4n) is 14.1. The highest BCUT2D eigenvalue weighted by Gasteiger charge is 2.30. The van der Waals surface area contributed by atoms with Crippen LogP contribution in [-0.4, -0.2) is 136 Å². The molecule has 11 heterocycles. The average Bonchev–Trinajstić information content (AvgIpc) is 1.65. The molecular formula is C86H102F8N26O4. The number of anilines is 12. The van der Waals surface area contributed by atoms with Crippen molar-refractivity contribution in [3.05, 3.63) is 230 Å². The predicted octanol–water partition coefficient (Wildman–Crippen LogP) is 19.0. The standard InChI is InChI=1S/C26H33F2N7O2.C21H25F2N7.C20H22F2N6O.C19H22F2N6O/c1-15(19-7-6-18(27)12-20(19)28)29-22-14-23(31-16(2)30-22)32-24-13-21(33-34-24)17-8-10-35(11-9-17)25(36)37-26(3,4)5;1-12(16-4-3-15(22)9-17(16)23)25-19-11-20(27-13(2)26-19)28-21-10-18(29-30-21)14-5-7-24-8-6-14;1-11(14-6-5-13(21)8-15(14)22)23-18-10-19(25-12(2)24-18)26-20-9-16(27-28-20)17-4-3-7-29-17;1-10(2)28-19-9-18(26-27-19)25-17-8-16(23-12(4)24-17)22-11(3)14-6-5-13(20)7-15(14)21/h6-7,12-15,17H,8-11H2,1-5H3,(H3,29,30,31,32,33,34);3-4,9-12,14,24H,5-8H2,1-2H3,(H3,25,26,27,28,29,30);5-6,8-11,17H,3-4,7H2,1-2H3,(H3,23,24,25,26,27,28);5-11H,1-4H3,(H3,22,23,24,25,26,27). The first kappa shape index (κ1) is 90.1. The number of ether oxygens (including phenoxy) is 3. The Bertz CT molecular complexity index is 5570. The monoisotopic (exact) mass is 1710 g/mol. The topological polar surface area (TPSA) is 374 Å². The van der Waals surface area contributed by atoms with E-state index in [2.05, 4.69) is 129 Å². The molecule has 3 aliphatic heterocycles. The van der Waals surface area contributed by atoms with Gasteiger partial charge in [0.05, 0.1) is 42.1 Å². The molecule has 5 unspecified atom stereocenters. The minimum Gasteiger partial charge on any atom is -0.474 e. The molecule has 38 heteroatoms. The molecular weight excluding hydrogens is 1610 g/mol. The molecule has 1 amide bonds. The lowest BCUT2D eigenvalue weighted by Gasteiger charge is -2.33. The molecule has 0 spiro atoms. The van der Waals surface area contributed by atoms with Gasteiger partial charge < -0.3 is 67.0 Å². The maximum absolute atomic E-state index is 14.2. The van der Waals surface area contributed by atoms with Crippen LogP contribution in [0.3, 0.4) is 0 Å². The zero-order valence-electron chi connectivity index (χ0n) is 70.9. The van der Waals surface area contributed by atoms with Gasteiger partial charge in [-0.3, -0.25) is 20.4 Å². The number of aryl methyl sites for hydroxylation is 4. The number of carbonyl (C=O) groups is 1. The van der Waals surface area contributed by atoms with E-state index >= 15 is 0 Å². The summed E-state index contributed by atoms with van der Waals surface area (Å²) in [5.41, 5.74) is 3.90. The van der Waals surface area contributed by atoms with Gasteiger partial charge in [0.1, 0.15) is 128 Å². The van der Waals surface area contributed by atoms with Crippen LogP contribution in [0.25, 0.3) is 0 Å². The fraction of sp³-hybridized carbons (Fsp3) is 0.384. The maximum atomic E-state index is 14.2. The lowest BCUT2D eigenvalue weighted by atomic mass is 9.94. The van der Waals surface area contributed by atoms with Crippen LogP contribution in [0.2, 0.25) is 0 Å². The third kappa shape index (κ3) is 26.0. The number of piperidine rings is 2. The van der Waals surface area contributed by atoms with E-state index in [-0.39, 0.29) is 24.2 Å². The van der Waals surface area contributed by atoms with E-state index < -0.39 is 76.3 Å². The molecule has 0 aliphatic carbocycles. The number of likely N-dealkylation sites (tertiary alicyclic amines) is 1. The zero-order chi connectivity index (χ0) is 88.5. The lowest BCUT2D eigenvalue weighted by Crippen LogP contribution is -2.41. The van der Waals surface area contributed by atoms with E-state index in [1.807, 2.05) is 52.8 Å². The second-order valence-corrected chi connectivity index (χ2v) is 31.5. The van der Waals surface area contributed by atoms with Crippen LogP contribution in [0.15, 0.2) is 121 Å². The number of nitrogens with one attached hydrogen (secondary N) is 13. The molecule has 3 aliphatic rings. The second kappa shape index (κ2) is 41.2. The predicted molar refractivity (Wildman–Crippen MR) is 456 cm³/mol. The molecule has 0 radical (unpaired) electrons. The molecule has 15 rings (SSSR count). The van der Waals surface area contributed by atoms with Crippen molar-refractivity contribution in [1.82, 2.24) is 90.9 Å². The van der Waals surface area contributed by atoms with Crippen LogP contribution in [0, 0.1) is 74.2 Å². The molecule has 656 valence electrons. The van der Waals surface area contributed by atoms with Gasteiger partial charge in [-0.2, -0.15) is 15.3 Å². The van der Waals surface area contributed by atoms with Gasteiger partial charge in [0.25, 0.3) is 0 Å². The van der Waals surface area contributed by atoms with Gasteiger partial charge in [0.15, 0.2) is 17.5 Å². The van der Waals surface area contributed by atoms with Gasteiger partial charge in [0, 0.05) is 138 Å². The SMILES string of the molecule is Cc1nc(Nc2cc(C3CCCO3)[nH]n2)cc(NC(C)c2ccc(F)cc2F)n1.Cc1nc(Nc2cc(C3CCN(C(=O)OC(C)(C)C)CC3)[nH]n2)cc(NC(C)c2ccc(F)cc2F)n1.Cc1nc(Nc2cc(C3CCNCC3)[nH]n2)cc(NC(C)c2ccc(F)cc2F)n1.Cc1nc(Nc2cc(OC(C)C)n[nH]2)cc(NC(C)c2ccc(F)cc2F)n1. The number of H-pyrrole nitrogens is 4. The van der Waals surface area contributed by atoms with Crippen LogP contribution in [0.4, 0.5) is 110 Å². The Morgan fingerprint density at radius 3 is 1.11 bits per heavy atom. The van der Waals surface area contributed by atoms with Crippen molar-refractivity contribution in [1.29, 1.82) is 0 Å². The molecule has 4 aromatic carbocycles. The summed E-state index contributed by atoms with van der Waals surface area (Å²) in [6, 6.07) is 26.8. The van der Waals surface area contributed by atoms with Crippen molar-refractivity contribution < 1.29 is 54.1 Å². The van der Waals surface area contributed by atoms with E-state index in [4.69, 9.17) is 14.2 Å². The van der Waals surface area contributed by atoms with Crippen LogP contribution >= 0.6 is 0 Å². The number of hydrogen-bond acceptors (Lipinski definition) is 25. The Morgan fingerprint density at radius 1 is 0.419 bits per heavy atom. The van der Waals surface area contributed by atoms with Gasteiger partial charge in [-0.15, -0.1) is 5.10 Å². The van der Waals surface area contributed by atoms with Crippen LogP contribution in [0.1, 0.15) is 206 Å². The van der Waals surface area contributed by atoms with E-state index in [1.54, 1.807) is 90.6 Å². The summed E-state index contributed by atoms with van der Waals surface area (Å²) in [6.45, 7) is 27.6. The summed E-state index contributed by atoms with van der Waals surface area (Å²) in [7, 11) is 0. The molecule has 5 atom stereocenters. The first-order valence-electron chi connectivity index (χ1n) is 40.8. The molecule has 0 saturated carbocycles. The summed E-state index contributed by atoms with van der Waals surface area (Å²) in [6.07, 6.45) is 5.58. The third-order valence-electron chi connectivity index (χ3n) is 19.9. The number of carbonyl (C=O) groups excluding carboxylic acids is 1. The van der Waals surface area contributed by atoms with Crippen molar-refractivity contribution in [2.45, 2.75) is 182 Å². The second-order valence-electron chi connectivity index (χ2n) is 31.5. The molecule has 124 heavy (non-hydrogen) atoms. The summed E-state index contributed by atoms with van der Waals surface area (Å²) in [5, 5.41) is 57.6. The quantitative estimate of drug-likeness (QED) is 0.0236. The number of rotatable bonds is 25. The Kier molecular flexibility index (Phi) is 29.9. The number of nitrogens with zero attached hydrogens (tertiary/aromatic N) is 13. The number of hydrogen-bond donors (Lipinski definition) is 13. The van der Waals surface area contributed by atoms with Crippen molar-refractivity contribution in [2.75, 3.05) is 75.3 Å². The molecule has 8 aromatic heterocycles. The minimum absolute atomic E-state index is 0.0154. The smallest absolute Gasteiger partial charge is 0.410 e. The Hall–Kier alpha value is -13.1. The molecule has 12 aromatic rings. The van der Waals surface area contributed by atoms with E-state index in [9.17, 15) is 39.9 Å². The van der Waals surface area contributed by atoms with Crippen molar-refractivity contribution in [3.63, 3.8) is 0 Å². The fourth-order valence-corrected chi connectivity index (χ4v) is 14.1. The average molecular weight is 1720 g/mol. The maximum Gasteiger partial charge on any atom is 0.410 e. The van der Waals surface area contributed by atoms with E-state index in [0.717, 1.165) is 99.6 Å². The van der Waals surface area contributed by atoms with Crippen LogP contribution in [-0.2, 0) is 9.47 Å². The lowest BCUT2D eigenvalue weighted by molar-refractivity contribution is 0.0203. The Labute approximate surface area is 711 Å². The minimum atomic E-state index is -0.621. The van der Waals surface area contributed by atoms with Gasteiger partial charge in [-0.05, 0) is 166 Å². The Balaban J connectivity index is 0.000000152. The first-order valence-corrected chi connectivity index (χ1v) is 40.8. The summed E-state index contributed by atoms with van der Waals surface area (Å²) in [5.74, 6) is 5.24. The highest BCUT2D eigenvalue weighted by molar-refractivity contribution is 5.68. The van der Waals surface area contributed by atoms with Crippen molar-refractivity contribution in [3.8, 4) is 5.88 Å². The molecule has 13 N–H and O–H groups in total. The first-order chi connectivity index (χ1) is 59.2. The molecule has 0 bridgehead atoms. The normalized spacial score (nSPS) is 15.2. The summed E-state index contributed by atoms with van der Waals surface area (Å²) in [4.78, 5) is 49.0. The van der Waals surface area contributed by atoms with Gasteiger partial charge in [0.2, 0.25) is 5.88 Å². The highest BCUT2D eigenvalue weighted by Crippen LogP contribution is 2.35. The van der Waals surface area contributed by atoms with Crippen LogP contribution in [0.5, 0.6) is 5.88 Å². The summed E-state index contributed by atoms with van der Waals surface area (Å²) >= 11 is 0. The number of halogens is 8. The van der Waals surface area contributed by atoms with Gasteiger partial charge in [-0.1, -0.05) is 24.3 Å². The molecule has 3 saturated heterocycles. The largest absolute Gasteiger partial charge is 0.474 e. The van der Waals surface area contributed by atoms with Crippen LogP contribution < -0.4 is 52.6 Å². The highest BCUT2D eigenvalue weighted by atomic mass is 19.2. The number of benzene rings is 4.